The van der Waals surface area contributed by atoms with Crippen molar-refractivity contribution in [3.8, 4) is 0 Å². The zero-order valence-electron chi connectivity index (χ0n) is 12.6. The lowest BCUT2D eigenvalue weighted by molar-refractivity contribution is -0.127. The van der Waals surface area contributed by atoms with Crippen molar-refractivity contribution in [3.05, 3.63) is 21.9 Å². The van der Waals surface area contributed by atoms with Gasteiger partial charge >= 0.3 is 0 Å². The number of nitrogens with one attached hydrogen (secondary N) is 1. The van der Waals surface area contributed by atoms with Crippen molar-refractivity contribution in [1.29, 1.82) is 0 Å². The summed E-state index contributed by atoms with van der Waals surface area (Å²) in [6.45, 7) is 4.15. The van der Waals surface area contributed by atoms with Crippen LogP contribution < -0.4 is 0 Å². The number of hydrogen-bond acceptors (Lipinski definition) is 6. The first-order chi connectivity index (χ1) is 9.95. The number of H-pyrrole nitrogens is 1. The Balaban J connectivity index is 1.89. The molecule has 0 aliphatic rings. The molecule has 1 amide bonds. The summed E-state index contributed by atoms with van der Waals surface area (Å²) in [7, 11) is 3.50. The molecule has 114 valence electrons. The van der Waals surface area contributed by atoms with Crippen molar-refractivity contribution in [1.82, 2.24) is 25.1 Å². The van der Waals surface area contributed by atoms with Gasteiger partial charge in [-0.1, -0.05) is 25.6 Å². The fourth-order valence-electron chi connectivity index (χ4n) is 1.50. The van der Waals surface area contributed by atoms with Gasteiger partial charge in [0.25, 0.3) is 0 Å². The Morgan fingerprint density at radius 3 is 2.81 bits per heavy atom. The molecular weight excluding hydrogens is 306 g/mol. The van der Waals surface area contributed by atoms with Crippen LogP contribution in [0, 0.1) is 0 Å². The number of thioether (sulfide) groups is 1. The predicted molar refractivity (Wildman–Crippen MR) is 84.5 cm³/mol. The maximum atomic E-state index is 11.6. The molecule has 2 rings (SSSR count). The van der Waals surface area contributed by atoms with Gasteiger partial charge in [-0.05, 0) is 0 Å². The van der Waals surface area contributed by atoms with E-state index < -0.39 is 0 Å². The van der Waals surface area contributed by atoms with Gasteiger partial charge in [-0.3, -0.25) is 9.89 Å². The Labute approximate surface area is 132 Å². The number of rotatable bonds is 6. The second-order valence-electron chi connectivity index (χ2n) is 5.14. The SMILES string of the molecule is CC(C)c1nc(SCc2csc(CC(=O)N(C)C)n2)n[nH]1. The number of nitrogens with zero attached hydrogens (tertiary/aromatic N) is 4. The van der Waals surface area contributed by atoms with Gasteiger partial charge in [0.15, 0.2) is 0 Å². The number of thiazole rings is 1. The summed E-state index contributed by atoms with van der Waals surface area (Å²) >= 11 is 3.07. The Morgan fingerprint density at radius 2 is 2.19 bits per heavy atom. The van der Waals surface area contributed by atoms with Crippen LogP contribution in [0.2, 0.25) is 0 Å². The highest BCUT2D eigenvalue weighted by atomic mass is 32.2. The molecule has 0 aliphatic heterocycles. The van der Waals surface area contributed by atoms with Gasteiger partial charge in [0, 0.05) is 31.1 Å². The molecule has 0 saturated heterocycles. The average Bonchev–Trinajstić information content (AvgIpc) is 3.05. The number of amides is 1. The van der Waals surface area contributed by atoms with E-state index in [9.17, 15) is 4.79 Å². The van der Waals surface area contributed by atoms with Crippen LogP contribution in [-0.4, -0.2) is 45.1 Å². The minimum Gasteiger partial charge on any atom is -0.348 e. The molecule has 0 saturated carbocycles. The predicted octanol–water partition coefficient (Wildman–Crippen LogP) is 2.31. The van der Waals surface area contributed by atoms with Crippen LogP contribution in [0.4, 0.5) is 0 Å². The third-order valence-corrected chi connectivity index (χ3v) is 4.56. The van der Waals surface area contributed by atoms with Crippen LogP contribution in [0.1, 0.15) is 36.3 Å². The van der Waals surface area contributed by atoms with Crippen molar-refractivity contribution >= 4 is 29.0 Å². The zero-order chi connectivity index (χ0) is 15.4. The van der Waals surface area contributed by atoms with Crippen LogP contribution in [0.15, 0.2) is 10.5 Å². The molecule has 0 spiro atoms. The highest BCUT2D eigenvalue weighted by Crippen LogP contribution is 2.22. The summed E-state index contributed by atoms with van der Waals surface area (Å²) in [5.41, 5.74) is 0.961. The molecule has 2 aromatic heterocycles. The van der Waals surface area contributed by atoms with Crippen molar-refractivity contribution in [2.24, 2.45) is 0 Å². The van der Waals surface area contributed by atoms with Gasteiger partial charge in [0.05, 0.1) is 12.1 Å². The van der Waals surface area contributed by atoms with E-state index in [-0.39, 0.29) is 5.91 Å². The van der Waals surface area contributed by atoms with Crippen LogP contribution in [0.25, 0.3) is 0 Å². The van der Waals surface area contributed by atoms with E-state index in [0.29, 0.717) is 18.1 Å². The first-order valence-corrected chi connectivity index (χ1v) is 8.50. The van der Waals surface area contributed by atoms with E-state index in [0.717, 1.165) is 21.7 Å². The monoisotopic (exact) mass is 325 g/mol. The summed E-state index contributed by atoms with van der Waals surface area (Å²) in [5, 5.41) is 10.7. The fourth-order valence-corrected chi connectivity index (χ4v) is 3.09. The van der Waals surface area contributed by atoms with Crippen LogP contribution in [0.3, 0.4) is 0 Å². The van der Waals surface area contributed by atoms with Crippen LogP contribution in [-0.2, 0) is 17.0 Å². The molecule has 0 atom stereocenters. The Morgan fingerprint density at radius 1 is 1.43 bits per heavy atom. The second-order valence-corrected chi connectivity index (χ2v) is 7.03. The molecular formula is C13H19N5OS2. The van der Waals surface area contributed by atoms with E-state index in [1.165, 1.54) is 11.3 Å². The summed E-state index contributed by atoms with van der Waals surface area (Å²) in [6, 6.07) is 0. The van der Waals surface area contributed by atoms with Gasteiger partial charge < -0.3 is 4.90 Å². The standard InChI is InChI=1S/C13H19N5OS2/c1-8(2)12-15-13(17-16-12)21-7-9-6-20-10(14-9)5-11(19)18(3)4/h6,8H,5,7H2,1-4H3,(H,15,16,17). The summed E-state index contributed by atoms with van der Waals surface area (Å²) < 4.78 is 0. The van der Waals surface area contributed by atoms with Crippen molar-refractivity contribution in [2.75, 3.05) is 14.1 Å². The minimum atomic E-state index is 0.0686. The Kier molecular flexibility index (Phi) is 5.35. The van der Waals surface area contributed by atoms with Gasteiger partial charge in [-0.2, -0.15) is 0 Å². The summed E-state index contributed by atoms with van der Waals surface area (Å²) in [6.07, 6.45) is 0.362. The van der Waals surface area contributed by atoms with E-state index in [1.807, 2.05) is 5.38 Å². The van der Waals surface area contributed by atoms with Crippen LogP contribution in [0.5, 0.6) is 0 Å². The normalized spacial score (nSPS) is 11.1. The molecule has 8 heteroatoms. The zero-order valence-corrected chi connectivity index (χ0v) is 14.2. The van der Waals surface area contributed by atoms with Crippen LogP contribution >= 0.6 is 23.1 Å². The molecule has 21 heavy (non-hydrogen) atoms. The molecule has 2 aromatic rings. The van der Waals surface area contributed by atoms with E-state index >= 15 is 0 Å². The summed E-state index contributed by atoms with van der Waals surface area (Å²) in [4.78, 5) is 22.1. The van der Waals surface area contributed by atoms with Crippen molar-refractivity contribution < 1.29 is 4.79 Å². The minimum absolute atomic E-state index is 0.0686. The molecule has 0 bridgehead atoms. The molecule has 0 unspecified atom stereocenters. The molecule has 0 aromatic carbocycles. The smallest absolute Gasteiger partial charge is 0.228 e. The number of hydrogen-bond donors (Lipinski definition) is 1. The lowest BCUT2D eigenvalue weighted by atomic mass is 10.2. The first-order valence-electron chi connectivity index (χ1n) is 6.64. The number of likely N-dealkylation sites (N-methyl/N-ethyl adjacent to an activating group) is 1. The Bertz CT molecular complexity index is 605. The molecule has 0 radical (unpaired) electrons. The van der Waals surface area contributed by atoms with E-state index in [2.05, 4.69) is 34.0 Å². The molecule has 0 aliphatic carbocycles. The molecule has 1 N–H and O–H groups in total. The lowest BCUT2D eigenvalue weighted by Gasteiger charge is -2.07. The quantitative estimate of drug-likeness (QED) is 0.825. The van der Waals surface area contributed by atoms with Gasteiger partial charge in [0.1, 0.15) is 10.8 Å². The number of carbonyl (C=O) groups excluding carboxylic acids is 1. The lowest BCUT2D eigenvalue weighted by Crippen LogP contribution is -2.23. The van der Waals surface area contributed by atoms with E-state index in [4.69, 9.17) is 0 Å². The second kappa shape index (κ2) is 7.04. The van der Waals surface area contributed by atoms with Crippen molar-refractivity contribution in [2.45, 2.75) is 37.1 Å². The number of aromatic amines is 1. The maximum Gasteiger partial charge on any atom is 0.228 e. The average molecular weight is 325 g/mol. The highest BCUT2D eigenvalue weighted by Gasteiger charge is 2.11. The van der Waals surface area contributed by atoms with Gasteiger partial charge in [-0.25, -0.2) is 9.97 Å². The number of carbonyl (C=O) groups is 1. The third kappa shape index (κ3) is 4.53. The topological polar surface area (TPSA) is 74.8 Å². The Hall–Kier alpha value is -1.41. The largest absolute Gasteiger partial charge is 0.348 e. The third-order valence-electron chi connectivity index (χ3n) is 2.78. The fraction of sp³-hybridized carbons (Fsp3) is 0.538. The maximum absolute atomic E-state index is 11.6. The molecule has 6 nitrogen and oxygen atoms in total. The highest BCUT2D eigenvalue weighted by molar-refractivity contribution is 7.98. The molecule has 0 fully saturated rings. The molecule has 2 heterocycles. The van der Waals surface area contributed by atoms with Gasteiger partial charge in [0.2, 0.25) is 11.1 Å². The summed E-state index contributed by atoms with van der Waals surface area (Å²) in [5.74, 6) is 2.02. The van der Waals surface area contributed by atoms with Crippen molar-refractivity contribution in [3.63, 3.8) is 0 Å². The first kappa shape index (κ1) is 16.0. The van der Waals surface area contributed by atoms with Gasteiger partial charge in [-0.15, -0.1) is 16.4 Å². The van der Waals surface area contributed by atoms with E-state index in [1.54, 1.807) is 30.8 Å². The number of aromatic nitrogens is 4.